The van der Waals surface area contributed by atoms with Gasteiger partial charge in [0.15, 0.2) is 0 Å². The normalized spacial score (nSPS) is 15.4. The highest BCUT2D eigenvalue weighted by atomic mass is 32.2. The van der Waals surface area contributed by atoms with Crippen molar-refractivity contribution in [1.29, 1.82) is 0 Å². The summed E-state index contributed by atoms with van der Waals surface area (Å²) in [7, 11) is -3.49. The summed E-state index contributed by atoms with van der Waals surface area (Å²) in [5.74, 6) is 0.440. The molecule has 1 aromatic carbocycles. The standard InChI is InChI=1S/C25H31N3O3S2/c1-17(2)20-7-5-8-22(16-20)28-18(3)15-23(19(28)4)25(29)27-12-10-21(11-13-27)26-33(30,31)24-9-6-14-32-24/h5-9,14-17,21,26H,10-13H2,1-4H3. The van der Waals surface area contributed by atoms with Crippen LogP contribution in [0.4, 0.5) is 0 Å². The van der Waals surface area contributed by atoms with Gasteiger partial charge in [-0.15, -0.1) is 11.3 Å². The average Bonchev–Trinajstić information content (AvgIpc) is 3.42. The van der Waals surface area contributed by atoms with Crippen molar-refractivity contribution < 1.29 is 13.2 Å². The molecule has 6 nitrogen and oxygen atoms in total. The predicted molar refractivity (Wildman–Crippen MR) is 133 cm³/mol. The van der Waals surface area contributed by atoms with Gasteiger partial charge in [0.25, 0.3) is 5.91 Å². The van der Waals surface area contributed by atoms with Crippen molar-refractivity contribution in [2.75, 3.05) is 13.1 Å². The quantitative estimate of drug-likeness (QED) is 0.542. The van der Waals surface area contributed by atoms with Gasteiger partial charge in [0.1, 0.15) is 4.21 Å². The monoisotopic (exact) mass is 485 g/mol. The second-order valence-electron chi connectivity index (χ2n) is 8.99. The van der Waals surface area contributed by atoms with Crippen LogP contribution in [0.15, 0.2) is 52.1 Å². The fraction of sp³-hybridized carbons (Fsp3) is 0.400. The first-order chi connectivity index (χ1) is 15.7. The topological polar surface area (TPSA) is 71.4 Å². The van der Waals surface area contributed by atoms with E-state index in [0.717, 1.165) is 17.1 Å². The van der Waals surface area contributed by atoms with Crippen LogP contribution in [0.2, 0.25) is 0 Å². The Morgan fingerprint density at radius 3 is 2.45 bits per heavy atom. The van der Waals surface area contributed by atoms with Crippen LogP contribution in [-0.4, -0.2) is 42.9 Å². The van der Waals surface area contributed by atoms with E-state index >= 15 is 0 Å². The number of aromatic nitrogens is 1. The van der Waals surface area contributed by atoms with Gasteiger partial charge < -0.3 is 9.47 Å². The molecule has 4 rings (SSSR count). The van der Waals surface area contributed by atoms with Crippen molar-refractivity contribution in [3.8, 4) is 5.69 Å². The number of sulfonamides is 1. The van der Waals surface area contributed by atoms with E-state index in [9.17, 15) is 13.2 Å². The molecule has 33 heavy (non-hydrogen) atoms. The van der Waals surface area contributed by atoms with E-state index in [0.29, 0.717) is 41.6 Å². The molecular formula is C25H31N3O3S2. The molecule has 1 N–H and O–H groups in total. The molecule has 0 spiro atoms. The second kappa shape index (κ2) is 9.44. The molecule has 2 aromatic heterocycles. The molecule has 0 saturated carbocycles. The number of carbonyl (C=O) groups is 1. The lowest BCUT2D eigenvalue weighted by Gasteiger charge is -2.32. The van der Waals surface area contributed by atoms with Crippen LogP contribution >= 0.6 is 11.3 Å². The van der Waals surface area contributed by atoms with Gasteiger partial charge in [-0.05, 0) is 67.8 Å². The molecule has 0 unspecified atom stereocenters. The van der Waals surface area contributed by atoms with Crippen molar-refractivity contribution in [2.45, 2.75) is 56.7 Å². The smallest absolute Gasteiger partial charge is 0.255 e. The number of nitrogens with zero attached hydrogens (tertiary/aromatic N) is 2. The fourth-order valence-corrected chi connectivity index (χ4v) is 6.78. The summed E-state index contributed by atoms with van der Waals surface area (Å²) in [5.41, 5.74) is 4.99. The van der Waals surface area contributed by atoms with E-state index < -0.39 is 10.0 Å². The third-order valence-corrected chi connectivity index (χ3v) is 9.24. The summed E-state index contributed by atoms with van der Waals surface area (Å²) in [6.45, 7) is 9.43. The maximum Gasteiger partial charge on any atom is 0.255 e. The Bertz CT molecular complexity index is 1240. The Hall–Kier alpha value is -2.42. The zero-order chi connectivity index (χ0) is 23.8. The lowest BCUT2D eigenvalue weighted by Crippen LogP contribution is -2.46. The number of carbonyl (C=O) groups excluding carboxylic acids is 1. The average molecular weight is 486 g/mol. The highest BCUT2D eigenvalue weighted by Gasteiger charge is 2.29. The lowest BCUT2D eigenvalue weighted by molar-refractivity contribution is 0.0710. The van der Waals surface area contributed by atoms with Gasteiger partial charge in [-0.1, -0.05) is 32.0 Å². The second-order valence-corrected chi connectivity index (χ2v) is 11.9. The SMILES string of the molecule is Cc1cc(C(=O)N2CCC(NS(=O)(=O)c3cccs3)CC2)c(C)n1-c1cccc(C(C)C)c1. The Balaban J connectivity index is 1.47. The van der Waals surface area contributed by atoms with Crippen LogP contribution in [0.3, 0.4) is 0 Å². The molecule has 8 heteroatoms. The van der Waals surface area contributed by atoms with Crippen LogP contribution in [0.1, 0.15) is 59.9 Å². The zero-order valence-electron chi connectivity index (χ0n) is 19.5. The van der Waals surface area contributed by atoms with Gasteiger partial charge in [0.2, 0.25) is 10.0 Å². The van der Waals surface area contributed by atoms with E-state index in [1.54, 1.807) is 17.5 Å². The molecule has 0 atom stereocenters. The first-order valence-electron chi connectivity index (χ1n) is 11.3. The molecule has 1 fully saturated rings. The van der Waals surface area contributed by atoms with E-state index in [1.165, 1.54) is 16.9 Å². The van der Waals surface area contributed by atoms with Crippen LogP contribution in [0, 0.1) is 13.8 Å². The van der Waals surface area contributed by atoms with Crippen molar-refractivity contribution in [3.63, 3.8) is 0 Å². The molecule has 3 aromatic rings. The Morgan fingerprint density at radius 1 is 1.09 bits per heavy atom. The minimum absolute atomic E-state index is 0.00827. The van der Waals surface area contributed by atoms with Crippen LogP contribution in [-0.2, 0) is 10.0 Å². The first kappa shape index (κ1) is 23.7. The summed E-state index contributed by atoms with van der Waals surface area (Å²) in [6.07, 6.45) is 1.21. The molecule has 176 valence electrons. The van der Waals surface area contributed by atoms with Gasteiger partial charge in [-0.2, -0.15) is 0 Å². The molecule has 0 radical (unpaired) electrons. The molecule has 0 aliphatic carbocycles. The number of likely N-dealkylation sites (tertiary alicyclic amines) is 1. The summed E-state index contributed by atoms with van der Waals surface area (Å²) in [5, 5.41) is 1.76. The van der Waals surface area contributed by atoms with E-state index in [-0.39, 0.29) is 11.9 Å². The van der Waals surface area contributed by atoms with Gasteiger partial charge in [0, 0.05) is 36.2 Å². The number of piperidine rings is 1. The molecule has 3 heterocycles. The van der Waals surface area contributed by atoms with Gasteiger partial charge in [-0.3, -0.25) is 4.79 Å². The summed E-state index contributed by atoms with van der Waals surface area (Å²) < 4.78 is 30.3. The molecule has 1 saturated heterocycles. The van der Waals surface area contributed by atoms with Crippen molar-refractivity contribution in [3.05, 3.63) is 70.4 Å². The zero-order valence-corrected chi connectivity index (χ0v) is 21.2. The molecule has 1 aliphatic rings. The number of amides is 1. The third-order valence-electron chi connectivity index (χ3n) is 6.32. The van der Waals surface area contributed by atoms with E-state index in [1.807, 2.05) is 24.8 Å². The van der Waals surface area contributed by atoms with Crippen molar-refractivity contribution >= 4 is 27.3 Å². The molecule has 1 aliphatic heterocycles. The highest BCUT2D eigenvalue weighted by molar-refractivity contribution is 7.91. The number of benzene rings is 1. The number of aryl methyl sites for hydroxylation is 1. The Morgan fingerprint density at radius 2 is 1.82 bits per heavy atom. The van der Waals surface area contributed by atoms with E-state index in [4.69, 9.17) is 0 Å². The van der Waals surface area contributed by atoms with Gasteiger partial charge in [0.05, 0.1) is 5.56 Å². The largest absolute Gasteiger partial charge is 0.338 e. The third kappa shape index (κ3) is 4.93. The maximum atomic E-state index is 13.3. The van der Waals surface area contributed by atoms with Crippen LogP contribution < -0.4 is 4.72 Å². The predicted octanol–water partition coefficient (Wildman–Crippen LogP) is 4.86. The fourth-order valence-electron chi connectivity index (χ4n) is 4.46. The lowest BCUT2D eigenvalue weighted by atomic mass is 10.0. The number of rotatable bonds is 6. The number of thiophene rings is 1. The molecule has 0 bridgehead atoms. The van der Waals surface area contributed by atoms with Crippen molar-refractivity contribution in [2.24, 2.45) is 0 Å². The van der Waals surface area contributed by atoms with Gasteiger partial charge in [-0.25, -0.2) is 13.1 Å². The molecule has 1 amide bonds. The minimum atomic E-state index is -3.49. The van der Waals surface area contributed by atoms with Crippen LogP contribution in [0.25, 0.3) is 5.69 Å². The Kier molecular flexibility index (Phi) is 6.79. The van der Waals surface area contributed by atoms with Gasteiger partial charge >= 0.3 is 0 Å². The summed E-state index contributed by atoms with van der Waals surface area (Å²) in [4.78, 5) is 15.2. The first-order valence-corrected chi connectivity index (χ1v) is 13.7. The maximum absolute atomic E-state index is 13.3. The summed E-state index contributed by atoms with van der Waals surface area (Å²) in [6, 6.07) is 13.6. The highest BCUT2D eigenvalue weighted by Crippen LogP contribution is 2.26. The number of hydrogen-bond acceptors (Lipinski definition) is 4. The van der Waals surface area contributed by atoms with Crippen molar-refractivity contribution in [1.82, 2.24) is 14.2 Å². The Labute approximate surface area is 200 Å². The van der Waals surface area contributed by atoms with E-state index in [2.05, 4.69) is 47.4 Å². The molecular weight excluding hydrogens is 454 g/mol. The number of nitrogens with one attached hydrogen (secondary N) is 1. The van der Waals surface area contributed by atoms with Crippen LogP contribution in [0.5, 0.6) is 0 Å². The minimum Gasteiger partial charge on any atom is -0.338 e. The summed E-state index contributed by atoms with van der Waals surface area (Å²) >= 11 is 1.21. The number of hydrogen-bond donors (Lipinski definition) is 1.